The monoisotopic (exact) mass is 330 g/mol. The molecule has 1 aromatic heterocycles. The first kappa shape index (κ1) is 16.1. The smallest absolute Gasteiger partial charge is 0.270 e. The highest BCUT2D eigenvalue weighted by atomic mass is 16.6. The molecule has 0 saturated carbocycles. The van der Waals surface area contributed by atoms with Crippen LogP contribution in [0, 0.1) is 10.1 Å². The van der Waals surface area contributed by atoms with E-state index in [2.05, 4.69) is 4.98 Å². The highest BCUT2D eigenvalue weighted by Gasteiger charge is 2.23. The fraction of sp³-hybridized carbons (Fsp3) is 0.438. The number of nitro groups is 1. The van der Waals surface area contributed by atoms with E-state index in [0.29, 0.717) is 12.1 Å². The fourth-order valence-electron chi connectivity index (χ4n) is 3.08. The first-order chi connectivity index (χ1) is 11.5. The molecule has 0 radical (unpaired) electrons. The molecule has 1 aromatic carbocycles. The van der Waals surface area contributed by atoms with E-state index in [1.807, 2.05) is 6.92 Å². The number of rotatable bonds is 3. The van der Waals surface area contributed by atoms with Gasteiger partial charge in [0.1, 0.15) is 6.54 Å². The molecule has 0 spiro atoms. The first-order valence-corrected chi connectivity index (χ1v) is 7.90. The fourth-order valence-corrected chi connectivity index (χ4v) is 3.08. The van der Waals surface area contributed by atoms with Crippen LogP contribution in [0.2, 0.25) is 0 Å². The minimum Gasteiger partial charge on any atom is -0.338 e. The van der Waals surface area contributed by atoms with Crippen molar-refractivity contribution in [1.29, 1.82) is 0 Å². The summed E-state index contributed by atoms with van der Waals surface area (Å²) in [6.45, 7) is 2.60. The molecule has 1 atom stereocenters. The molecule has 8 nitrogen and oxygen atoms in total. The number of hydrogen-bond acceptors (Lipinski definition) is 5. The summed E-state index contributed by atoms with van der Waals surface area (Å²) >= 11 is 0. The molecule has 1 amide bonds. The third-order valence-corrected chi connectivity index (χ3v) is 4.45. The Balaban J connectivity index is 1.92. The van der Waals surface area contributed by atoms with E-state index in [4.69, 9.17) is 0 Å². The van der Waals surface area contributed by atoms with Crippen molar-refractivity contribution in [1.82, 2.24) is 14.5 Å². The standard InChI is InChI=1S/C16H18N4O4/c1-11-4-2-3-7-19(11)15(21)9-18-10-17-14-6-5-12(20(23)24)8-13(14)16(18)22/h5-6,8,10-11H,2-4,7,9H2,1H3/t11-/m1/s1. The molecule has 3 rings (SSSR count). The largest absolute Gasteiger partial charge is 0.338 e. The maximum atomic E-state index is 12.5. The molecule has 2 heterocycles. The van der Waals surface area contributed by atoms with E-state index in [1.165, 1.54) is 29.1 Å². The molecular weight excluding hydrogens is 312 g/mol. The second kappa shape index (κ2) is 6.38. The SMILES string of the molecule is C[C@@H]1CCCCN1C(=O)Cn1cnc2ccc([N+](=O)[O-])cc2c1=O. The summed E-state index contributed by atoms with van der Waals surface area (Å²) < 4.78 is 1.22. The van der Waals surface area contributed by atoms with E-state index in [1.54, 1.807) is 4.90 Å². The number of non-ortho nitro benzene ring substituents is 1. The van der Waals surface area contributed by atoms with Crippen molar-refractivity contribution in [3.05, 3.63) is 45.0 Å². The van der Waals surface area contributed by atoms with Crippen LogP contribution in [-0.4, -0.2) is 37.9 Å². The normalized spacial score (nSPS) is 17.9. The molecule has 8 heteroatoms. The number of amides is 1. The number of piperidine rings is 1. The van der Waals surface area contributed by atoms with Crippen LogP contribution < -0.4 is 5.56 Å². The van der Waals surface area contributed by atoms with Gasteiger partial charge in [0.05, 0.1) is 22.2 Å². The Kier molecular flexibility index (Phi) is 4.28. The predicted molar refractivity (Wildman–Crippen MR) is 87.7 cm³/mol. The van der Waals surface area contributed by atoms with Gasteiger partial charge in [-0.1, -0.05) is 0 Å². The second-order valence-corrected chi connectivity index (χ2v) is 6.07. The molecule has 0 unspecified atom stereocenters. The Morgan fingerprint density at radius 2 is 2.21 bits per heavy atom. The van der Waals surface area contributed by atoms with Crippen LogP contribution in [-0.2, 0) is 11.3 Å². The van der Waals surface area contributed by atoms with Gasteiger partial charge in [0.15, 0.2) is 0 Å². The summed E-state index contributed by atoms with van der Waals surface area (Å²) in [7, 11) is 0. The average Bonchev–Trinajstić information content (AvgIpc) is 2.57. The zero-order valence-corrected chi connectivity index (χ0v) is 13.3. The molecule has 1 saturated heterocycles. The Hall–Kier alpha value is -2.77. The lowest BCUT2D eigenvalue weighted by Gasteiger charge is -2.33. The van der Waals surface area contributed by atoms with Gasteiger partial charge >= 0.3 is 0 Å². The molecule has 1 aliphatic rings. The van der Waals surface area contributed by atoms with Crippen molar-refractivity contribution in [3.63, 3.8) is 0 Å². The number of carbonyl (C=O) groups excluding carboxylic acids is 1. The lowest BCUT2D eigenvalue weighted by atomic mass is 10.0. The van der Waals surface area contributed by atoms with Crippen molar-refractivity contribution in [3.8, 4) is 0 Å². The molecular formula is C16H18N4O4. The van der Waals surface area contributed by atoms with Crippen molar-refractivity contribution in [2.45, 2.75) is 38.8 Å². The minimum absolute atomic E-state index is 0.102. The van der Waals surface area contributed by atoms with Gasteiger partial charge in [-0.25, -0.2) is 4.98 Å². The van der Waals surface area contributed by atoms with Gasteiger partial charge in [-0.3, -0.25) is 24.3 Å². The summed E-state index contributed by atoms with van der Waals surface area (Å²) in [6, 6.07) is 4.11. The quantitative estimate of drug-likeness (QED) is 0.630. The predicted octanol–water partition coefficient (Wildman–Crippen LogP) is 1.71. The van der Waals surface area contributed by atoms with Crippen molar-refractivity contribution >= 4 is 22.5 Å². The molecule has 0 bridgehead atoms. The van der Waals surface area contributed by atoms with Crippen LogP contribution in [0.5, 0.6) is 0 Å². The molecule has 24 heavy (non-hydrogen) atoms. The number of fused-ring (bicyclic) bond motifs is 1. The van der Waals surface area contributed by atoms with Gasteiger partial charge in [-0.05, 0) is 32.3 Å². The maximum absolute atomic E-state index is 12.5. The van der Waals surface area contributed by atoms with E-state index in [9.17, 15) is 19.7 Å². The third-order valence-electron chi connectivity index (χ3n) is 4.45. The molecule has 126 valence electrons. The topological polar surface area (TPSA) is 98.3 Å². The number of hydrogen-bond donors (Lipinski definition) is 0. The molecule has 1 fully saturated rings. The Morgan fingerprint density at radius 1 is 1.42 bits per heavy atom. The summed E-state index contributed by atoms with van der Waals surface area (Å²) in [4.78, 5) is 41.2. The number of nitrogens with zero attached hydrogens (tertiary/aromatic N) is 4. The number of benzene rings is 1. The summed E-state index contributed by atoms with van der Waals surface area (Å²) in [5.41, 5.74) is -0.238. The van der Waals surface area contributed by atoms with Crippen LogP contribution in [0.25, 0.3) is 10.9 Å². The number of aromatic nitrogens is 2. The van der Waals surface area contributed by atoms with Gasteiger partial charge in [-0.15, -0.1) is 0 Å². The molecule has 0 N–H and O–H groups in total. The van der Waals surface area contributed by atoms with Crippen LogP contribution >= 0.6 is 0 Å². The highest BCUT2D eigenvalue weighted by molar-refractivity contribution is 5.81. The lowest BCUT2D eigenvalue weighted by molar-refractivity contribution is -0.384. The summed E-state index contributed by atoms with van der Waals surface area (Å²) in [5.74, 6) is -0.129. The maximum Gasteiger partial charge on any atom is 0.270 e. The van der Waals surface area contributed by atoms with Gasteiger partial charge in [-0.2, -0.15) is 0 Å². The third kappa shape index (κ3) is 2.99. The van der Waals surface area contributed by atoms with E-state index < -0.39 is 10.5 Å². The Labute approximate surface area is 137 Å². The zero-order chi connectivity index (χ0) is 17.3. The van der Waals surface area contributed by atoms with Crippen LogP contribution in [0.3, 0.4) is 0 Å². The Morgan fingerprint density at radius 3 is 2.92 bits per heavy atom. The van der Waals surface area contributed by atoms with Crippen LogP contribution in [0.15, 0.2) is 29.3 Å². The second-order valence-electron chi connectivity index (χ2n) is 6.07. The van der Waals surface area contributed by atoms with Gasteiger partial charge in [0.2, 0.25) is 5.91 Å². The summed E-state index contributed by atoms with van der Waals surface area (Å²) in [6.07, 6.45) is 4.35. The molecule has 0 aliphatic carbocycles. The first-order valence-electron chi connectivity index (χ1n) is 7.90. The van der Waals surface area contributed by atoms with Crippen molar-refractivity contribution in [2.24, 2.45) is 0 Å². The zero-order valence-electron chi connectivity index (χ0n) is 13.3. The summed E-state index contributed by atoms with van der Waals surface area (Å²) in [5, 5.41) is 11.0. The molecule has 1 aliphatic heterocycles. The number of carbonyl (C=O) groups is 1. The van der Waals surface area contributed by atoms with Crippen molar-refractivity contribution in [2.75, 3.05) is 6.54 Å². The van der Waals surface area contributed by atoms with Gasteiger partial charge in [0.25, 0.3) is 11.2 Å². The van der Waals surface area contributed by atoms with Crippen LogP contribution in [0.1, 0.15) is 26.2 Å². The number of nitro benzene ring substituents is 1. The Bertz CT molecular complexity index is 861. The van der Waals surface area contributed by atoms with E-state index in [-0.39, 0.29) is 29.6 Å². The van der Waals surface area contributed by atoms with Crippen molar-refractivity contribution < 1.29 is 9.72 Å². The minimum atomic E-state index is -0.559. The van der Waals surface area contributed by atoms with Gasteiger partial charge < -0.3 is 4.90 Å². The lowest BCUT2D eigenvalue weighted by Crippen LogP contribution is -2.44. The average molecular weight is 330 g/mol. The molecule has 2 aromatic rings. The van der Waals surface area contributed by atoms with E-state index in [0.717, 1.165) is 19.3 Å². The van der Waals surface area contributed by atoms with Crippen LogP contribution in [0.4, 0.5) is 5.69 Å². The number of likely N-dealkylation sites (tertiary alicyclic amines) is 1. The highest BCUT2D eigenvalue weighted by Crippen LogP contribution is 2.18. The van der Waals surface area contributed by atoms with Gasteiger partial charge in [0, 0.05) is 24.7 Å². The van der Waals surface area contributed by atoms with E-state index >= 15 is 0 Å².